The number of hydrogen-bond donors (Lipinski definition) is 2. The van der Waals surface area contributed by atoms with Crippen LogP contribution < -0.4 is 15.5 Å². The number of carbonyl (C=O) groups excluding carboxylic acids is 1. The standard InChI is InChI=1S/C20H25N5O2/c1-14-13-18(24-20(21-14)25-9-11-27-12-10-25)22-16-5-7-17(8-6-16)23-19(26)15-3-2-4-15/h5-8,13,15H,2-4,9-12H2,1H3,(H,23,26)(H,21,22,24). The average molecular weight is 367 g/mol. The third-order valence-electron chi connectivity index (χ3n) is 5.04. The van der Waals surface area contributed by atoms with Gasteiger partial charge in [0.15, 0.2) is 0 Å². The maximum absolute atomic E-state index is 12.0. The van der Waals surface area contributed by atoms with Crippen LogP contribution in [0, 0.1) is 12.8 Å². The van der Waals surface area contributed by atoms with Gasteiger partial charge in [0.2, 0.25) is 11.9 Å². The molecular weight excluding hydrogens is 342 g/mol. The van der Waals surface area contributed by atoms with Gasteiger partial charge in [0, 0.05) is 42.1 Å². The van der Waals surface area contributed by atoms with Gasteiger partial charge >= 0.3 is 0 Å². The fourth-order valence-electron chi connectivity index (χ4n) is 3.22. The van der Waals surface area contributed by atoms with E-state index in [1.165, 1.54) is 0 Å². The van der Waals surface area contributed by atoms with Crippen LogP contribution in [0.4, 0.5) is 23.1 Å². The lowest BCUT2D eigenvalue weighted by Crippen LogP contribution is -2.37. The molecule has 2 aliphatic rings. The number of benzene rings is 1. The van der Waals surface area contributed by atoms with Crippen LogP contribution in [-0.2, 0) is 9.53 Å². The highest BCUT2D eigenvalue weighted by atomic mass is 16.5. The van der Waals surface area contributed by atoms with E-state index in [0.717, 1.165) is 61.2 Å². The van der Waals surface area contributed by atoms with Gasteiger partial charge in [0.05, 0.1) is 13.2 Å². The number of morpholine rings is 1. The van der Waals surface area contributed by atoms with Crippen molar-refractivity contribution in [3.8, 4) is 0 Å². The molecule has 7 heteroatoms. The Hall–Kier alpha value is -2.67. The molecule has 142 valence electrons. The van der Waals surface area contributed by atoms with Crippen LogP contribution in [0.2, 0.25) is 0 Å². The van der Waals surface area contributed by atoms with Gasteiger partial charge in [0.1, 0.15) is 5.82 Å². The number of nitrogens with one attached hydrogen (secondary N) is 2. The van der Waals surface area contributed by atoms with E-state index in [0.29, 0.717) is 13.2 Å². The Balaban J connectivity index is 1.42. The monoisotopic (exact) mass is 367 g/mol. The summed E-state index contributed by atoms with van der Waals surface area (Å²) in [5, 5.41) is 6.31. The first-order valence-corrected chi connectivity index (χ1v) is 9.54. The van der Waals surface area contributed by atoms with Crippen LogP contribution in [0.3, 0.4) is 0 Å². The molecule has 27 heavy (non-hydrogen) atoms. The first-order chi connectivity index (χ1) is 13.2. The predicted octanol–water partition coefficient (Wildman–Crippen LogP) is 3.10. The molecule has 1 amide bonds. The zero-order valence-corrected chi connectivity index (χ0v) is 15.6. The molecule has 1 aromatic heterocycles. The third-order valence-corrected chi connectivity index (χ3v) is 5.04. The Labute approximate surface area is 159 Å². The largest absolute Gasteiger partial charge is 0.378 e. The lowest BCUT2D eigenvalue weighted by molar-refractivity contribution is -0.122. The molecule has 1 aliphatic carbocycles. The SMILES string of the molecule is Cc1cc(Nc2ccc(NC(=O)C3CCC3)cc2)nc(N2CCOCC2)n1. The van der Waals surface area contributed by atoms with Crippen molar-refractivity contribution in [3.05, 3.63) is 36.0 Å². The van der Waals surface area contributed by atoms with Crippen LogP contribution in [0.5, 0.6) is 0 Å². The molecule has 7 nitrogen and oxygen atoms in total. The Bertz CT molecular complexity index is 799. The summed E-state index contributed by atoms with van der Waals surface area (Å²) in [5.41, 5.74) is 2.66. The number of aromatic nitrogens is 2. The quantitative estimate of drug-likeness (QED) is 0.845. The fraction of sp³-hybridized carbons (Fsp3) is 0.450. The van der Waals surface area contributed by atoms with E-state index in [9.17, 15) is 4.79 Å². The molecule has 2 aromatic rings. The number of ether oxygens (including phenoxy) is 1. The number of nitrogens with zero attached hydrogens (tertiary/aromatic N) is 3. The summed E-state index contributed by atoms with van der Waals surface area (Å²) >= 11 is 0. The highest BCUT2D eigenvalue weighted by Gasteiger charge is 2.25. The first-order valence-electron chi connectivity index (χ1n) is 9.54. The molecule has 2 fully saturated rings. The molecule has 2 heterocycles. The molecular formula is C20H25N5O2. The molecule has 1 saturated carbocycles. The number of aryl methyl sites for hydroxylation is 1. The minimum absolute atomic E-state index is 0.128. The highest BCUT2D eigenvalue weighted by molar-refractivity contribution is 5.93. The van der Waals surface area contributed by atoms with E-state index in [-0.39, 0.29) is 11.8 Å². The summed E-state index contributed by atoms with van der Waals surface area (Å²) in [6.07, 6.45) is 3.17. The van der Waals surface area contributed by atoms with Crippen LogP contribution in [0.1, 0.15) is 25.0 Å². The van der Waals surface area contributed by atoms with Crippen LogP contribution in [0.25, 0.3) is 0 Å². The molecule has 0 radical (unpaired) electrons. The minimum atomic E-state index is 0.128. The van der Waals surface area contributed by atoms with Crippen molar-refractivity contribution in [2.45, 2.75) is 26.2 Å². The van der Waals surface area contributed by atoms with E-state index in [4.69, 9.17) is 4.74 Å². The van der Waals surface area contributed by atoms with Crippen molar-refractivity contribution < 1.29 is 9.53 Å². The maximum Gasteiger partial charge on any atom is 0.227 e. The van der Waals surface area contributed by atoms with E-state index in [2.05, 4.69) is 25.5 Å². The van der Waals surface area contributed by atoms with Crippen molar-refractivity contribution in [2.24, 2.45) is 5.92 Å². The van der Waals surface area contributed by atoms with E-state index >= 15 is 0 Å². The second-order valence-electron chi connectivity index (χ2n) is 7.11. The molecule has 1 saturated heterocycles. The molecule has 1 aromatic carbocycles. The zero-order chi connectivity index (χ0) is 18.6. The van der Waals surface area contributed by atoms with E-state index < -0.39 is 0 Å². The summed E-state index contributed by atoms with van der Waals surface area (Å²) in [6.45, 7) is 4.98. The van der Waals surface area contributed by atoms with Crippen molar-refractivity contribution in [1.29, 1.82) is 0 Å². The summed E-state index contributed by atoms with van der Waals surface area (Å²) in [4.78, 5) is 23.4. The highest BCUT2D eigenvalue weighted by Crippen LogP contribution is 2.28. The lowest BCUT2D eigenvalue weighted by Gasteiger charge is -2.27. The second kappa shape index (κ2) is 7.92. The first kappa shape index (κ1) is 17.7. The van der Waals surface area contributed by atoms with Crippen molar-refractivity contribution in [2.75, 3.05) is 41.8 Å². The molecule has 4 rings (SSSR count). The molecule has 2 N–H and O–H groups in total. The van der Waals surface area contributed by atoms with Gasteiger partial charge in [0.25, 0.3) is 0 Å². The normalized spacial score (nSPS) is 17.3. The molecule has 1 aliphatic heterocycles. The summed E-state index contributed by atoms with van der Waals surface area (Å²) < 4.78 is 5.40. The average Bonchev–Trinajstić information content (AvgIpc) is 2.62. The van der Waals surface area contributed by atoms with Crippen LogP contribution >= 0.6 is 0 Å². The topological polar surface area (TPSA) is 79.4 Å². The number of rotatable bonds is 5. The van der Waals surface area contributed by atoms with Gasteiger partial charge in [-0.25, -0.2) is 4.98 Å². The predicted molar refractivity (Wildman–Crippen MR) is 105 cm³/mol. The number of carbonyl (C=O) groups is 1. The van der Waals surface area contributed by atoms with E-state index in [1.54, 1.807) is 0 Å². The summed E-state index contributed by atoms with van der Waals surface area (Å²) in [7, 11) is 0. The Morgan fingerprint density at radius 2 is 1.81 bits per heavy atom. The van der Waals surface area contributed by atoms with Gasteiger partial charge in [-0.1, -0.05) is 6.42 Å². The number of anilines is 4. The molecule has 0 atom stereocenters. The number of hydrogen-bond acceptors (Lipinski definition) is 6. The minimum Gasteiger partial charge on any atom is -0.378 e. The molecule has 0 spiro atoms. The van der Waals surface area contributed by atoms with Crippen LogP contribution in [0.15, 0.2) is 30.3 Å². The smallest absolute Gasteiger partial charge is 0.227 e. The fourth-order valence-corrected chi connectivity index (χ4v) is 3.22. The Morgan fingerprint density at radius 3 is 2.48 bits per heavy atom. The van der Waals surface area contributed by atoms with Crippen molar-refractivity contribution >= 4 is 29.0 Å². The number of amides is 1. The maximum atomic E-state index is 12.0. The third kappa shape index (κ3) is 4.36. The van der Waals surface area contributed by atoms with Crippen molar-refractivity contribution in [3.63, 3.8) is 0 Å². The summed E-state index contributed by atoms with van der Waals surface area (Å²) in [5.74, 6) is 1.80. The Kier molecular flexibility index (Phi) is 5.20. The molecule has 0 unspecified atom stereocenters. The van der Waals surface area contributed by atoms with Crippen LogP contribution in [-0.4, -0.2) is 42.2 Å². The Morgan fingerprint density at radius 1 is 1.11 bits per heavy atom. The molecule has 0 bridgehead atoms. The zero-order valence-electron chi connectivity index (χ0n) is 15.6. The van der Waals surface area contributed by atoms with Gasteiger partial charge in [-0.15, -0.1) is 0 Å². The van der Waals surface area contributed by atoms with Gasteiger partial charge < -0.3 is 20.3 Å². The van der Waals surface area contributed by atoms with Gasteiger partial charge in [-0.2, -0.15) is 4.98 Å². The second-order valence-corrected chi connectivity index (χ2v) is 7.11. The van der Waals surface area contributed by atoms with E-state index in [1.807, 2.05) is 37.3 Å². The summed E-state index contributed by atoms with van der Waals surface area (Å²) in [6, 6.07) is 9.65. The van der Waals surface area contributed by atoms with Crippen molar-refractivity contribution in [1.82, 2.24) is 9.97 Å². The van der Waals surface area contributed by atoms with Gasteiger partial charge in [-0.05, 0) is 44.0 Å². The van der Waals surface area contributed by atoms with Gasteiger partial charge in [-0.3, -0.25) is 4.79 Å². The lowest BCUT2D eigenvalue weighted by atomic mass is 9.85.